The summed E-state index contributed by atoms with van der Waals surface area (Å²) in [4.78, 5) is 21.4. The molecule has 3 aromatic rings. The Labute approximate surface area is 158 Å². The summed E-state index contributed by atoms with van der Waals surface area (Å²) < 4.78 is 1.17. The van der Waals surface area contributed by atoms with Crippen molar-refractivity contribution in [1.29, 1.82) is 0 Å². The third kappa shape index (κ3) is 3.44. The van der Waals surface area contributed by atoms with E-state index in [4.69, 9.17) is 0 Å². The van der Waals surface area contributed by atoms with Gasteiger partial charge in [-0.1, -0.05) is 29.8 Å². The number of thiazole rings is 1. The highest BCUT2D eigenvalue weighted by molar-refractivity contribution is 7.18. The van der Waals surface area contributed by atoms with Crippen LogP contribution in [0.4, 0.5) is 5.69 Å². The van der Waals surface area contributed by atoms with Crippen LogP contribution in [0.2, 0.25) is 0 Å². The van der Waals surface area contributed by atoms with Gasteiger partial charge in [0.15, 0.2) is 0 Å². The van der Waals surface area contributed by atoms with Crippen LogP contribution >= 0.6 is 11.3 Å². The van der Waals surface area contributed by atoms with Gasteiger partial charge >= 0.3 is 0 Å². The van der Waals surface area contributed by atoms with Crippen LogP contribution in [0.25, 0.3) is 10.2 Å². The van der Waals surface area contributed by atoms with E-state index < -0.39 is 0 Å². The molecule has 4 rings (SSSR count). The molecule has 0 aliphatic carbocycles. The van der Waals surface area contributed by atoms with Crippen molar-refractivity contribution in [2.75, 3.05) is 25.0 Å². The van der Waals surface area contributed by atoms with Crippen LogP contribution in [-0.2, 0) is 17.8 Å². The quantitative estimate of drug-likeness (QED) is 0.701. The summed E-state index contributed by atoms with van der Waals surface area (Å²) >= 11 is 1.66. The Hall–Kier alpha value is -2.40. The molecule has 0 bridgehead atoms. The summed E-state index contributed by atoms with van der Waals surface area (Å²) in [5.41, 5.74) is 4.86. The molecule has 0 saturated carbocycles. The third-order valence-corrected chi connectivity index (χ3v) is 5.93. The van der Waals surface area contributed by atoms with Crippen molar-refractivity contribution in [2.24, 2.45) is 0 Å². The van der Waals surface area contributed by atoms with Crippen LogP contribution in [0.1, 0.15) is 22.6 Å². The number of hydrogen-bond donors (Lipinski definition) is 0. The Balaban J connectivity index is 1.45. The van der Waals surface area contributed by atoms with E-state index in [1.165, 1.54) is 21.5 Å². The molecular formula is C21H23N3OS. The van der Waals surface area contributed by atoms with E-state index in [0.717, 1.165) is 29.9 Å². The third-order valence-electron chi connectivity index (χ3n) is 4.91. The van der Waals surface area contributed by atoms with Crippen molar-refractivity contribution in [3.63, 3.8) is 0 Å². The first-order valence-corrected chi connectivity index (χ1v) is 9.85. The molecule has 0 radical (unpaired) electrons. The van der Waals surface area contributed by atoms with Crippen LogP contribution in [-0.4, -0.2) is 35.9 Å². The first-order chi connectivity index (χ1) is 12.6. The number of carbonyl (C=O) groups excluding carboxylic acids is 1. The van der Waals surface area contributed by atoms with Crippen LogP contribution in [0, 0.1) is 6.92 Å². The van der Waals surface area contributed by atoms with E-state index in [0.29, 0.717) is 13.1 Å². The second-order valence-corrected chi connectivity index (χ2v) is 8.10. The van der Waals surface area contributed by atoms with Gasteiger partial charge in [0, 0.05) is 19.3 Å². The standard InChI is InChI=1S/C21H23N3OS/c1-15-9-10-18-16(12-15)6-5-11-24(18)14-21(25)23(2)13-20-22-17-7-3-4-8-19(17)26-20/h3-4,7-10,12H,5-6,11,13-14H2,1-2H3. The highest BCUT2D eigenvalue weighted by Crippen LogP contribution is 2.28. The molecule has 0 spiro atoms. The highest BCUT2D eigenvalue weighted by atomic mass is 32.1. The van der Waals surface area contributed by atoms with Gasteiger partial charge in [-0.25, -0.2) is 4.98 Å². The van der Waals surface area contributed by atoms with E-state index in [2.05, 4.69) is 41.1 Å². The molecule has 1 amide bonds. The fourth-order valence-electron chi connectivity index (χ4n) is 3.53. The van der Waals surface area contributed by atoms with Crippen molar-refractivity contribution in [1.82, 2.24) is 9.88 Å². The lowest BCUT2D eigenvalue weighted by atomic mass is 9.99. The molecule has 2 aromatic carbocycles. The van der Waals surface area contributed by atoms with Crippen molar-refractivity contribution in [3.8, 4) is 0 Å². The minimum absolute atomic E-state index is 0.137. The lowest BCUT2D eigenvalue weighted by molar-refractivity contribution is -0.128. The number of aromatic nitrogens is 1. The minimum Gasteiger partial charge on any atom is -0.362 e. The lowest BCUT2D eigenvalue weighted by Crippen LogP contribution is -2.40. The molecule has 1 aliphatic heterocycles. The summed E-state index contributed by atoms with van der Waals surface area (Å²) in [6.07, 6.45) is 2.20. The van der Waals surface area contributed by atoms with Crippen molar-refractivity contribution in [3.05, 3.63) is 58.6 Å². The van der Waals surface area contributed by atoms with E-state index in [9.17, 15) is 4.79 Å². The van der Waals surface area contributed by atoms with Gasteiger partial charge in [-0.05, 0) is 43.5 Å². The predicted octanol–water partition coefficient (Wildman–Crippen LogP) is 4.02. The van der Waals surface area contributed by atoms with Crippen LogP contribution in [0.5, 0.6) is 0 Å². The second kappa shape index (κ2) is 7.08. The number of para-hydroxylation sites is 1. The normalized spacial score (nSPS) is 13.7. The number of carbonyl (C=O) groups is 1. The predicted molar refractivity (Wildman–Crippen MR) is 108 cm³/mol. The molecule has 5 heteroatoms. The molecule has 0 N–H and O–H groups in total. The van der Waals surface area contributed by atoms with Gasteiger partial charge < -0.3 is 9.80 Å². The maximum absolute atomic E-state index is 12.8. The molecule has 0 atom stereocenters. The molecule has 2 heterocycles. The maximum Gasteiger partial charge on any atom is 0.242 e. The van der Waals surface area contributed by atoms with Gasteiger partial charge in [-0.2, -0.15) is 0 Å². The summed E-state index contributed by atoms with van der Waals surface area (Å²) in [6, 6.07) is 14.6. The number of amides is 1. The number of likely N-dealkylation sites (N-methyl/N-ethyl adjacent to an activating group) is 1. The van der Waals surface area contributed by atoms with Crippen molar-refractivity contribution < 1.29 is 4.79 Å². The van der Waals surface area contributed by atoms with Gasteiger partial charge in [0.25, 0.3) is 0 Å². The Morgan fingerprint density at radius 1 is 1.27 bits per heavy atom. The average molecular weight is 366 g/mol. The number of hydrogen-bond acceptors (Lipinski definition) is 4. The molecule has 26 heavy (non-hydrogen) atoms. The molecule has 4 nitrogen and oxygen atoms in total. The maximum atomic E-state index is 12.8. The Kier molecular flexibility index (Phi) is 4.64. The molecule has 0 saturated heterocycles. The van der Waals surface area contributed by atoms with E-state index >= 15 is 0 Å². The second-order valence-electron chi connectivity index (χ2n) is 6.98. The number of anilines is 1. The molecule has 0 unspecified atom stereocenters. The Morgan fingerprint density at radius 2 is 2.12 bits per heavy atom. The monoisotopic (exact) mass is 365 g/mol. The van der Waals surface area contributed by atoms with Gasteiger partial charge in [0.05, 0.1) is 23.3 Å². The van der Waals surface area contributed by atoms with Crippen molar-refractivity contribution in [2.45, 2.75) is 26.3 Å². The SMILES string of the molecule is Cc1ccc2c(c1)CCCN2CC(=O)N(C)Cc1nc2ccccc2s1. The van der Waals surface area contributed by atoms with Gasteiger partial charge in [-0.3, -0.25) is 4.79 Å². The summed E-state index contributed by atoms with van der Waals surface area (Å²) in [5, 5.41) is 0.983. The van der Waals surface area contributed by atoms with E-state index in [1.807, 2.05) is 25.2 Å². The number of nitrogens with zero attached hydrogens (tertiary/aromatic N) is 3. The lowest BCUT2D eigenvalue weighted by Gasteiger charge is -2.32. The topological polar surface area (TPSA) is 36.4 Å². The number of benzene rings is 2. The molecular weight excluding hydrogens is 342 g/mol. The number of fused-ring (bicyclic) bond motifs is 2. The van der Waals surface area contributed by atoms with Gasteiger partial charge in [0.2, 0.25) is 5.91 Å². The number of aryl methyl sites for hydroxylation is 2. The van der Waals surface area contributed by atoms with Crippen LogP contribution in [0.3, 0.4) is 0 Å². The first-order valence-electron chi connectivity index (χ1n) is 9.03. The average Bonchev–Trinajstić information content (AvgIpc) is 3.03. The fraction of sp³-hybridized carbons (Fsp3) is 0.333. The van der Waals surface area contributed by atoms with Crippen LogP contribution < -0.4 is 4.90 Å². The largest absolute Gasteiger partial charge is 0.362 e. The number of rotatable bonds is 4. The summed E-state index contributed by atoms with van der Waals surface area (Å²) in [6.45, 7) is 4.05. The zero-order valence-electron chi connectivity index (χ0n) is 15.2. The first kappa shape index (κ1) is 17.0. The molecule has 134 valence electrons. The minimum atomic E-state index is 0.137. The van der Waals surface area contributed by atoms with E-state index in [1.54, 1.807) is 16.2 Å². The zero-order chi connectivity index (χ0) is 18.1. The molecule has 1 aliphatic rings. The Morgan fingerprint density at radius 3 is 2.96 bits per heavy atom. The summed E-state index contributed by atoms with van der Waals surface area (Å²) in [7, 11) is 1.87. The van der Waals surface area contributed by atoms with Crippen LogP contribution in [0.15, 0.2) is 42.5 Å². The van der Waals surface area contributed by atoms with Gasteiger partial charge in [0.1, 0.15) is 5.01 Å². The summed E-state index contributed by atoms with van der Waals surface area (Å²) in [5.74, 6) is 0.137. The Bertz CT molecular complexity index is 916. The van der Waals surface area contributed by atoms with Gasteiger partial charge in [-0.15, -0.1) is 11.3 Å². The highest BCUT2D eigenvalue weighted by Gasteiger charge is 2.21. The smallest absolute Gasteiger partial charge is 0.242 e. The molecule has 0 fully saturated rings. The molecule has 1 aromatic heterocycles. The van der Waals surface area contributed by atoms with Crippen molar-refractivity contribution >= 4 is 33.1 Å². The fourth-order valence-corrected chi connectivity index (χ4v) is 4.55. The zero-order valence-corrected chi connectivity index (χ0v) is 16.1. The van der Waals surface area contributed by atoms with E-state index in [-0.39, 0.29) is 5.91 Å².